The molecule has 0 amide bonds. The van der Waals surface area contributed by atoms with Gasteiger partial charge >= 0.3 is 0 Å². The van der Waals surface area contributed by atoms with E-state index >= 15 is 0 Å². The van der Waals surface area contributed by atoms with Crippen molar-refractivity contribution in [2.45, 2.75) is 0 Å². The molecule has 12 aromatic rings. The molecule has 0 saturated carbocycles. The summed E-state index contributed by atoms with van der Waals surface area (Å²) >= 11 is 0. The molecule has 0 bridgehead atoms. The Morgan fingerprint density at radius 2 is 0.850 bits per heavy atom. The molecule has 280 valence electrons. The van der Waals surface area contributed by atoms with Crippen LogP contribution in [0.1, 0.15) is 0 Å². The minimum Gasteiger partial charge on any atom is -0.456 e. The zero-order valence-corrected chi connectivity index (χ0v) is 32.7. The van der Waals surface area contributed by atoms with Crippen LogP contribution in [0, 0.1) is 0 Å². The number of anilines is 3. The Balaban J connectivity index is 1.04. The van der Waals surface area contributed by atoms with Gasteiger partial charge in [0.1, 0.15) is 11.2 Å². The molecule has 0 radical (unpaired) electrons. The van der Waals surface area contributed by atoms with Gasteiger partial charge in [-0.1, -0.05) is 170 Å². The van der Waals surface area contributed by atoms with Crippen LogP contribution < -0.4 is 4.90 Å². The topological polar surface area (TPSA) is 16.4 Å². The van der Waals surface area contributed by atoms with Crippen LogP contribution in [0.4, 0.5) is 17.1 Å². The van der Waals surface area contributed by atoms with Gasteiger partial charge in [0.15, 0.2) is 0 Å². The number of rotatable bonds is 6. The first-order valence-electron chi connectivity index (χ1n) is 20.6. The zero-order valence-electron chi connectivity index (χ0n) is 32.7. The average Bonchev–Trinajstić information content (AvgIpc) is 3.70. The van der Waals surface area contributed by atoms with E-state index in [0.29, 0.717) is 0 Å². The summed E-state index contributed by atoms with van der Waals surface area (Å²) in [6.45, 7) is 0. The number of benzene rings is 11. The highest BCUT2D eigenvalue weighted by Crippen LogP contribution is 2.46. The van der Waals surface area contributed by atoms with Gasteiger partial charge in [-0.2, -0.15) is 0 Å². The monoisotopic (exact) mass is 763 g/mol. The van der Waals surface area contributed by atoms with E-state index < -0.39 is 0 Å². The smallest absolute Gasteiger partial charge is 0.137 e. The van der Waals surface area contributed by atoms with Gasteiger partial charge in [0, 0.05) is 33.9 Å². The molecule has 12 rings (SSSR count). The van der Waals surface area contributed by atoms with Crippen LogP contribution in [0.15, 0.2) is 229 Å². The fourth-order valence-corrected chi connectivity index (χ4v) is 9.53. The van der Waals surface area contributed by atoms with E-state index in [4.69, 9.17) is 4.42 Å². The molecular formula is C58H37NO. The molecule has 0 spiro atoms. The van der Waals surface area contributed by atoms with E-state index in [2.05, 4.69) is 229 Å². The third-order valence-corrected chi connectivity index (χ3v) is 12.2. The van der Waals surface area contributed by atoms with Gasteiger partial charge in [0.25, 0.3) is 0 Å². The van der Waals surface area contributed by atoms with Gasteiger partial charge in [-0.15, -0.1) is 0 Å². The molecule has 1 heterocycles. The third-order valence-electron chi connectivity index (χ3n) is 12.2. The van der Waals surface area contributed by atoms with Crippen LogP contribution in [0.3, 0.4) is 0 Å². The lowest BCUT2D eigenvalue weighted by atomic mass is 9.87. The predicted molar refractivity (Wildman–Crippen MR) is 255 cm³/mol. The first-order valence-corrected chi connectivity index (χ1v) is 20.6. The Morgan fingerprint density at radius 3 is 1.68 bits per heavy atom. The maximum absolute atomic E-state index is 6.84. The van der Waals surface area contributed by atoms with E-state index in [0.717, 1.165) is 44.6 Å². The van der Waals surface area contributed by atoms with Crippen LogP contribution in [0.5, 0.6) is 0 Å². The number of fused-ring (bicyclic) bond motifs is 10. The molecule has 11 aromatic carbocycles. The number of nitrogens with zero attached hydrogens (tertiary/aromatic N) is 1. The molecular weight excluding hydrogens is 727 g/mol. The van der Waals surface area contributed by atoms with Crippen LogP contribution in [-0.2, 0) is 0 Å². The molecule has 0 saturated heterocycles. The number of hydrogen-bond acceptors (Lipinski definition) is 2. The number of furan rings is 1. The first kappa shape index (κ1) is 34.1. The predicted octanol–water partition coefficient (Wildman–Crippen LogP) is 16.7. The second-order valence-electron chi connectivity index (χ2n) is 15.6. The normalized spacial score (nSPS) is 11.7. The van der Waals surface area contributed by atoms with E-state index in [-0.39, 0.29) is 0 Å². The Bertz CT molecular complexity index is 3600. The number of hydrogen-bond donors (Lipinski definition) is 0. The Kier molecular flexibility index (Phi) is 7.89. The third kappa shape index (κ3) is 5.50. The van der Waals surface area contributed by atoms with Gasteiger partial charge in [-0.25, -0.2) is 0 Å². The molecule has 0 atom stereocenters. The second-order valence-corrected chi connectivity index (χ2v) is 15.6. The minimum atomic E-state index is 0.850. The van der Waals surface area contributed by atoms with Gasteiger partial charge < -0.3 is 9.32 Å². The van der Waals surface area contributed by atoms with E-state index in [1.807, 2.05) is 0 Å². The Labute approximate surface area is 347 Å². The van der Waals surface area contributed by atoms with Gasteiger partial charge in [-0.05, 0) is 125 Å². The maximum atomic E-state index is 6.84. The van der Waals surface area contributed by atoms with E-state index in [9.17, 15) is 0 Å². The van der Waals surface area contributed by atoms with E-state index in [1.165, 1.54) is 70.9 Å². The summed E-state index contributed by atoms with van der Waals surface area (Å²) in [6, 6.07) is 81.0. The second kappa shape index (κ2) is 13.9. The molecule has 2 heteroatoms. The standard InChI is InChI=1S/C58H37NO/c1-3-15-38(16-4-1)46-23-11-12-24-47(46)41-19-13-22-44(35-41)59(43-20-5-2-6-21-43)45-32-34-52-55(37-45)60-54-28-14-27-50(57(52)54)53-36-42-18-8-10-26-49(42)58-51(53)33-31-40-30-29-39-17-7-9-25-48(39)56(40)58/h1-37H. The van der Waals surface area contributed by atoms with Crippen molar-refractivity contribution in [3.8, 4) is 33.4 Å². The molecule has 1 aromatic heterocycles. The van der Waals surface area contributed by atoms with Crippen molar-refractivity contribution in [3.63, 3.8) is 0 Å². The summed E-state index contributed by atoms with van der Waals surface area (Å²) in [6.07, 6.45) is 0. The molecule has 0 fully saturated rings. The SMILES string of the molecule is c1ccc(-c2ccccc2-c2cccc(N(c3ccccc3)c3ccc4c(c3)oc3cccc(-c5cc6ccccc6c6c5ccc5ccc7ccccc7c56)c34)c2)cc1. The molecule has 2 nitrogen and oxygen atoms in total. The quantitative estimate of drug-likeness (QED) is 0.157. The highest BCUT2D eigenvalue weighted by molar-refractivity contribution is 6.31. The van der Waals surface area contributed by atoms with Crippen molar-refractivity contribution in [1.29, 1.82) is 0 Å². The molecule has 0 aliphatic heterocycles. The van der Waals surface area contributed by atoms with Crippen molar-refractivity contribution in [1.82, 2.24) is 0 Å². The summed E-state index contributed by atoms with van der Waals surface area (Å²) in [5, 5.41) is 12.3. The first-order chi connectivity index (χ1) is 29.8. The van der Waals surface area contributed by atoms with Gasteiger partial charge in [0.05, 0.1) is 0 Å². The molecule has 0 N–H and O–H groups in total. The Hall–Kier alpha value is -7.94. The van der Waals surface area contributed by atoms with Crippen molar-refractivity contribution in [2.75, 3.05) is 4.90 Å². The van der Waals surface area contributed by atoms with Crippen LogP contribution in [0.25, 0.3) is 98.4 Å². The zero-order chi connectivity index (χ0) is 39.6. The van der Waals surface area contributed by atoms with Crippen molar-refractivity contribution in [2.24, 2.45) is 0 Å². The van der Waals surface area contributed by atoms with Crippen LogP contribution >= 0.6 is 0 Å². The summed E-state index contributed by atoms with van der Waals surface area (Å²) in [5.74, 6) is 0. The lowest BCUT2D eigenvalue weighted by molar-refractivity contribution is 0.669. The number of para-hydroxylation sites is 1. The lowest BCUT2D eigenvalue weighted by Crippen LogP contribution is -2.09. The summed E-state index contributed by atoms with van der Waals surface area (Å²) in [7, 11) is 0. The molecule has 0 aliphatic rings. The largest absolute Gasteiger partial charge is 0.456 e. The van der Waals surface area contributed by atoms with E-state index in [1.54, 1.807) is 0 Å². The van der Waals surface area contributed by atoms with Crippen molar-refractivity contribution < 1.29 is 4.42 Å². The maximum Gasteiger partial charge on any atom is 0.137 e. The Morgan fingerprint density at radius 1 is 0.267 bits per heavy atom. The average molecular weight is 764 g/mol. The summed E-state index contributed by atoms with van der Waals surface area (Å²) < 4.78 is 6.84. The van der Waals surface area contributed by atoms with Crippen LogP contribution in [0.2, 0.25) is 0 Å². The minimum absolute atomic E-state index is 0.850. The van der Waals surface area contributed by atoms with Gasteiger partial charge in [0.2, 0.25) is 0 Å². The fourth-order valence-electron chi connectivity index (χ4n) is 9.53. The van der Waals surface area contributed by atoms with Gasteiger partial charge in [-0.3, -0.25) is 0 Å². The highest BCUT2D eigenvalue weighted by atomic mass is 16.3. The molecule has 60 heavy (non-hydrogen) atoms. The lowest BCUT2D eigenvalue weighted by Gasteiger charge is -2.26. The van der Waals surface area contributed by atoms with Crippen molar-refractivity contribution >= 4 is 82.1 Å². The molecule has 0 unspecified atom stereocenters. The van der Waals surface area contributed by atoms with Crippen molar-refractivity contribution in [3.05, 3.63) is 224 Å². The summed E-state index contributed by atoms with van der Waals surface area (Å²) in [5.41, 5.74) is 12.0. The summed E-state index contributed by atoms with van der Waals surface area (Å²) in [4.78, 5) is 2.33. The fraction of sp³-hybridized carbons (Fsp3) is 0. The highest BCUT2D eigenvalue weighted by Gasteiger charge is 2.20. The van der Waals surface area contributed by atoms with Crippen LogP contribution in [-0.4, -0.2) is 0 Å². The molecule has 0 aliphatic carbocycles.